The van der Waals surface area contributed by atoms with E-state index in [0.29, 0.717) is 24.5 Å². The minimum absolute atomic E-state index is 0.0528. The fraction of sp³-hybridized carbons (Fsp3) is 0.364. The second-order valence-electron chi connectivity index (χ2n) is 3.11. The van der Waals surface area contributed by atoms with Gasteiger partial charge < -0.3 is 10.6 Å². The maximum absolute atomic E-state index is 11.1. The first-order valence-corrected chi connectivity index (χ1v) is 5.37. The van der Waals surface area contributed by atoms with Gasteiger partial charge >= 0.3 is 0 Å². The van der Waals surface area contributed by atoms with Crippen LogP contribution >= 0.6 is 11.6 Å². The van der Waals surface area contributed by atoms with Crippen molar-refractivity contribution in [2.75, 3.05) is 18.4 Å². The van der Waals surface area contributed by atoms with Crippen molar-refractivity contribution in [1.82, 2.24) is 5.32 Å². The van der Waals surface area contributed by atoms with Crippen LogP contribution in [0.5, 0.6) is 0 Å². The number of hydrogen-bond donors (Lipinski definition) is 2. The zero-order valence-corrected chi connectivity index (χ0v) is 9.47. The zero-order valence-electron chi connectivity index (χ0n) is 8.72. The van der Waals surface area contributed by atoms with Crippen molar-refractivity contribution >= 4 is 23.2 Å². The third kappa shape index (κ3) is 4.21. The molecular weight excluding hydrogens is 212 g/mol. The quantitative estimate of drug-likeness (QED) is 0.809. The second-order valence-corrected chi connectivity index (χ2v) is 3.52. The highest BCUT2D eigenvalue weighted by Gasteiger charge is 2.00. The summed E-state index contributed by atoms with van der Waals surface area (Å²) in [6.45, 7) is 3.17. The van der Waals surface area contributed by atoms with E-state index in [-0.39, 0.29) is 5.91 Å². The fourth-order valence-corrected chi connectivity index (χ4v) is 1.40. The predicted molar refractivity (Wildman–Crippen MR) is 63.2 cm³/mol. The summed E-state index contributed by atoms with van der Waals surface area (Å²) in [5.74, 6) is 0.0528. The molecule has 4 heteroatoms. The molecule has 0 spiro atoms. The van der Waals surface area contributed by atoms with Gasteiger partial charge in [-0.15, -0.1) is 0 Å². The van der Waals surface area contributed by atoms with E-state index in [2.05, 4.69) is 10.6 Å². The number of nitrogens with one attached hydrogen (secondary N) is 2. The van der Waals surface area contributed by atoms with Crippen molar-refractivity contribution in [2.24, 2.45) is 0 Å². The topological polar surface area (TPSA) is 41.1 Å². The molecule has 0 aromatic heterocycles. The van der Waals surface area contributed by atoms with Crippen molar-refractivity contribution in [3.05, 3.63) is 29.3 Å². The first-order chi connectivity index (χ1) is 7.24. The van der Waals surface area contributed by atoms with E-state index >= 15 is 0 Å². The molecule has 0 aliphatic carbocycles. The molecule has 0 atom stereocenters. The Morgan fingerprint density at radius 3 is 2.80 bits per heavy atom. The van der Waals surface area contributed by atoms with Crippen LogP contribution in [0.4, 0.5) is 5.69 Å². The molecule has 82 valence electrons. The molecule has 0 aliphatic heterocycles. The Labute approximate surface area is 94.8 Å². The third-order valence-corrected chi connectivity index (χ3v) is 2.24. The Morgan fingerprint density at radius 1 is 1.40 bits per heavy atom. The molecule has 3 nitrogen and oxygen atoms in total. The van der Waals surface area contributed by atoms with Crippen molar-refractivity contribution < 1.29 is 4.79 Å². The van der Waals surface area contributed by atoms with E-state index in [1.165, 1.54) is 0 Å². The molecule has 1 amide bonds. The standard InChI is InChI=1S/C11H15ClN2O/c1-2-13-11(15)7-8-14-10-6-4-3-5-9(10)12/h3-6,14H,2,7-8H2,1H3,(H,13,15). The lowest BCUT2D eigenvalue weighted by atomic mass is 10.3. The molecule has 1 aromatic rings. The number of halogens is 1. The first-order valence-electron chi connectivity index (χ1n) is 4.99. The van der Waals surface area contributed by atoms with Crippen LogP contribution in [0.2, 0.25) is 5.02 Å². The molecule has 0 radical (unpaired) electrons. The lowest BCUT2D eigenvalue weighted by molar-refractivity contribution is -0.120. The summed E-state index contributed by atoms with van der Waals surface area (Å²) in [6, 6.07) is 7.48. The molecule has 0 unspecified atom stereocenters. The monoisotopic (exact) mass is 226 g/mol. The van der Waals surface area contributed by atoms with E-state index in [1.54, 1.807) is 0 Å². The van der Waals surface area contributed by atoms with E-state index in [1.807, 2.05) is 31.2 Å². The van der Waals surface area contributed by atoms with E-state index in [9.17, 15) is 4.79 Å². The van der Waals surface area contributed by atoms with Crippen LogP contribution in [-0.4, -0.2) is 19.0 Å². The molecule has 15 heavy (non-hydrogen) atoms. The highest BCUT2D eigenvalue weighted by molar-refractivity contribution is 6.33. The number of anilines is 1. The summed E-state index contributed by atoms with van der Waals surface area (Å²) in [7, 11) is 0. The van der Waals surface area contributed by atoms with Gasteiger partial charge in [0.1, 0.15) is 0 Å². The van der Waals surface area contributed by atoms with Crippen molar-refractivity contribution in [3.63, 3.8) is 0 Å². The SMILES string of the molecule is CCNC(=O)CCNc1ccccc1Cl. The van der Waals surface area contributed by atoms with Crippen molar-refractivity contribution in [2.45, 2.75) is 13.3 Å². The predicted octanol–water partition coefficient (Wildman–Crippen LogP) is 2.28. The molecule has 1 aromatic carbocycles. The molecule has 0 saturated carbocycles. The second kappa shape index (κ2) is 6.30. The minimum atomic E-state index is 0.0528. The fourth-order valence-electron chi connectivity index (χ4n) is 1.20. The van der Waals surface area contributed by atoms with E-state index in [0.717, 1.165) is 5.69 Å². The average molecular weight is 227 g/mol. The largest absolute Gasteiger partial charge is 0.383 e. The van der Waals surface area contributed by atoms with Gasteiger partial charge in [0.25, 0.3) is 0 Å². The number of amides is 1. The van der Waals surface area contributed by atoms with Gasteiger partial charge in [-0.25, -0.2) is 0 Å². The summed E-state index contributed by atoms with van der Waals surface area (Å²) >= 11 is 5.94. The lowest BCUT2D eigenvalue weighted by Crippen LogP contribution is -2.24. The first kappa shape index (κ1) is 11.9. The Hall–Kier alpha value is -1.22. The zero-order chi connectivity index (χ0) is 11.1. The molecular formula is C11H15ClN2O. The van der Waals surface area contributed by atoms with E-state index < -0.39 is 0 Å². The Bertz CT molecular complexity index is 328. The summed E-state index contributed by atoms with van der Waals surface area (Å²) in [5, 5.41) is 6.52. The smallest absolute Gasteiger partial charge is 0.221 e. The molecule has 0 saturated heterocycles. The van der Waals surface area contributed by atoms with Gasteiger partial charge in [-0.1, -0.05) is 23.7 Å². The Balaban J connectivity index is 2.32. The summed E-state index contributed by atoms with van der Waals surface area (Å²) < 4.78 is 0. The summed E-state index contributed by atoms with van der Waals surface area (Å²) in [6.07, 6.45) is 0.457. The number of para-hydroxylation sites is 1. The van der Waals surface area contributed by atoms with Gasteiger partial charge in [0, 0.05) is 19.5 Å². The summed E-state index contributed by atoms with van der Waals surface area (Å²) in [5.41, 5.74) is 0.864. The van der Waals surface area contributed by atoms with Gasteiger partial charge in [0.15, 0.2) is 0 Å². The van der Waals surface area contributed by atoms with Crippen LogP contribution in [0.3, 0.4) is 0 Å². The maximum Gasteiger partial charge on any atom is 0.221 e. The lowest BCUT2D eigenvalue weighted by Gasteiger charge is -2.07. The minimum Gasteiger partial charge on any atom is -0.383 e. The van der Waals surface area contributed by atoms with Crippen LogP contribution < -0.4 is 10.6 Å². The van der Waals surface area contributed by atoms with Crippen molar-refractivity contribution in [3.8, 4) is 0 Å². The highest BCUT2D eigenvalue weighted by Crippen LogP contribution is 2.19. The van der Waals surface area contributed by atoms with Gasteiger partial charge in [-0.3, -0.25) is 4.79 Å². The van der Waals surface area contributed by atoms with Gasteiger partial charge in [0.05, 0.1) is 10.7 Å². The average Bonchev–Trinajstić information content (AvgIpc) is 2.21. The van der Waals surface area contributed by atoms with Crippen LogP contribution in [0.15, 0.2) is 24.3 Å². The number of carbonyl (C=O) groups is 1. The number of rotatable bonds is 5. The number of hydrogen-bond acceptors (Lipinski definition) is 2. The molecule has 2 N–H and O–H groups in total. The van der Waals surface area contributed by atoms with Gasteiger partial charge in [-0.2, -0.15) is 0 Å². The van der Waals surface area contributed by atoms with Crippen LogP contribution in [0.25, 0.3) is 0 Å². The summed E-state index contributed by atoms with van der Waals surface area (Å²) in [4.78, 5) is 11.1. The Kier molecular flexibility index (Phi) is 4.98. The van der Waals surface area contributed by atoms with Crippen LogP contribution in [-0.2, 0) is 4.79 Å². The maximum atomic E-state index is 11.1. The molecule has 1 rings (SSSR count). The molecule has 0 heterocycles. The molecule has 0 fully saturated rings. The normalized spacial score (nSPS) is 9.73. The van der Waals surface area contributed by atoms with Crippen LogP contribution in [0.1, 0.15) is 13.3 Å². The van der Waals surface area contributed by atoms with Crippen molar-refractivity contribution in [1.29, 1.82) is 0 Å². The molecule has 0 bridgehead atoms. The number of carbonyl (C=O) groups excluding carboxylic acids is 1. The van der Waals surface area contributed by atoms with Gasteiger partial charge in [0.2, 0.25) is 5.91 Å². The molecule has 0 aliphatic rings. The van der Waals surface area contributed by atoms with E-state index in [4.69, 9.17) is 11.6 Å². The third-order valence-electron chi connectivity index (χ3n) is 1.92. The highest BCUT2D eigenvalue weighted by atomic mass is 35.5. The van der Waals surface area contributed by atoms with Crippen LogP contribution in [0, 0.1) is 0 Å². The van der Waals surface area contributed by atoms with Gasteiger partial charge in [-0.05, 0) is 19.1 Å². The Morgan fingerprint density at radius 2 is 2.13 bits per heavy atom. The number of benzene rings is 1.